The Morgan fingerprint density at radius 1 is 0.722 bits per heavy atom. The molecule has 0 amide bonds. The summed E-state index contributed by atoms with van der Waals surface area (Å²) in [5.41, 5.74) is 0.206. The number of hydrogen-bond donors (Lipinski definition) is 0. The smallest absolute Gasteiger partial charge is 0.0800 e. The van der Waals surface area contributed by atoms with Crippen LogP contribution < -0.4 is 0 Å². The van der Waals surface area contributed by atoms with Crippen LogP contribution in [0.4, 0.5) is 0 Å². The maximum absolute atomic E-state index is 8.02. The van der Waals surface area contributed by atoms with Crippen molar-refractivity contribution in [3.63, 3.8) is 0 Å². The molecule has 0 aliphatic heterocycles. The molecule has 0 spiro atoms. The Labute approximate surface area is 139 Å². The molecule has 0 aliphatic carbocycles. The Morgan fingerprint density at radius 3 is 2.06 bits per heavy atom. The molecule has 6 heteroatoms. The summed E-state index contributed by atoms with van der Waals surface area (Å²) in [6.07, 6.45) is 0. The first-order valence-corrected chi connectivity index (χ1v) is 6.73. The highest BCUT2D eigenvalue weighted by Crippen LogP contribution is 2.43. The topological polar surface area (TPSA) is 0 Å². The largest absolute Gasteiger partial charge is 0.0827 e. The van der Waals surface area contributed by atoms with Crippen molar-refractivity contribution < 1.29 is 4.11 Å². The molecule has 0 aromatic heterocycles. The summed E-state index contributed by atoms with van der Waals surface area (Å²) in [4.78, 5) is 0. The summed E-state index contributed by atoms with van der Waals surface area (Å²) >= 11 is 35.6. The molecule has 0 atom stereocenters. The Hall–Kier alpha value is 0.180. The number of rotatable bonds is 1. The first kappa shape index (κ1) is 10.9. The Morgan fingerprint density at radius 2 is 1.39 bits per heavy atom. The van der Waals surface area contributed by atoms with Crippen molar-refractivity contribution in [1.29, 1.82) is 0 Å². The van der Waals surface area contributed by atoms with Crippen LogP contribution in [0.15, 0.2) is 24.2 Å². The molecule has 2 aromatic carbocycles. The van der Waals surface area contributed by atoms with Crippen molar-refractivity contribution in [3.8, 4) is 11.1 Å². The van der Waals surface area contributed by atoms with Gasteiger partial charge in [0.15, 0.2) is 0 Å². The molecule has 0 unspecified atom stereocenters. The van der Waals surface area contributed by atoms with Gasteiger partial charge in [-0.15, -0.1) is 0 Å². The van der Waals surface area contributed by atoms with E-state index in [1.807, 2.05) is 0 Å². The molecule has 0 nitrogen and oxygen atoms in total. The minimum absolute atomic E-state index is 0.0358. The Bertz CT molecular complexity index is 731. The van der Waals surface area contributed by atoms with Crippen LogP contribution in [0.25, 0.3) is 11.1 Å². The summed E-state index contributed by atoms with van der Waals surface area (Å²) in [6, 6.07) is 0.784. The van der Waals surface area contributed by atoms with Gasteiger partial charge in [-0.25, -0.2) is 0 Å². The molecule has 0 saturated heterocycles. The lowest BCUT2D eigenvalue weighted by atomic mass is 10.1. The third-order valence-electron chi connectivity index (χ3n) is 2.08. The van der Waals surface area contributed by atoms with Gasteiger partial charge in [0.05, 0.1) is 34.2 Å². The van der Waals surface area contributed by atoms with E-state index in [0.29, 0.717) is 0 Å². The van der Waals surface area contributed by atoms with E-state index in [1.165, 1.54) is 6.07 Å². The van der Waals surface area contributed by atoms with Gasteiger partial charge >= 0.3 is 0 Å². The van der Waals surface area contributed by atoms with Gasteiger partial charge in [-0.3, -0.25) is 0 Å². The van der Waals surface area contributed by atoms with Gasteiger partial charge < -0.3 is 0 Å². The fourth-order valence-corrected chi connectivity index (χ4v) is 2.37. The zero-order valence-corrected chi connectivity index (χ0v) is 12.9. The molecule has 94 valence electrons. The summed E-state index contributed by atoms with van der Waals surface area (Å²) in [6.45, 7) is 0. The van der Waals surface area contributed by atoms with Gasteiger partial charge in [-0.1, -0.05) is 75.7 Å². The van der Waals surface area contributed by atoms with E-state index in [1.54, 1.807) is 0 Å². The zero-order valence-electron chi connectivity index (χ0n) is 11.3. The molecule has 0 fully saturated rings. The molecule has 0 N–H and O–H groups in total. The van der Waals surface area contributed by atoms with Crippen molar-refractivity contribution in [1.82, 2.24) is 0 Å². The predicted octanol–water partition coefficient (Wildman–Crippen LogP) is 7.27. The van der Waals surface area contributed by atoms with E-state index in [4.69, 9.17) is 73.7 Å². The van der Waals surface area contributed by atoms with E-state index in [2.05, 4.69) is 0 Å². The lowest BCUT2D eigenvalue weighted by Crippen LogP contribution is -1.84. The van der Waals surface area contributed by atoms with Crippen LogP contribution in [0, 0.1) is 0 Å². The summed E-state index contributed by atoms with van der Waals surface area (Å²) in [5.74, 6) is 0. The van der Waals surface area contributed by atoms with Crippen LogP contribution in [-0.2, 0) is 0 Å². The minimum atomic E-state index is -0.206. The van der Waals surface area contributed by atoms with E-state index in [9.17, 15) is 0 Å². The number of halogens is 6. The Balaban J connectivity index is 2.93. The molecule has 0 heterocycles. The molecule has 0 saturated carbocycles. The van der Waals surface area contributed by atoms with Gasteiger partial charge in [0.25, 0.3) is 0 Å². The number of benzene rings is 2. The maximum atomic E-state index is 8.02. The quantitative estimate of drug-likeness (QED) is 0.369. The predicted molar refractivity (Wildman–Crippen MR) is 81.9 cm³/mol. The second-order valence-corrected chi connectivity index (χ2v) is 5.48. The van der Waals surface area contributed by atoms with Gasteiger partial charge in [0, 0.05) is 5.56 Å². The van der Waals surface area contributed by atoms with Crippen LogP contribution >= 0.6 is 69.6 Å². The van der Waals surface area contributed by atoms with Crippen LogP contribution in [0.1, 0.15) is 4.11 Å². The zero-order chi connectivity index (χ0) is 16.1. The molecule has 0 aliphatic rings. The van der Waals surface area contributed by atoms with Crippen molar-refractivity contribution in [2.45, 2.75) is 0 Å². The van der Waals surface area contributed by atoms with Crippen molar-refractivity contribution in [3.05, 3.63) is 54.3 Å². The first-order chi connectivity index (χ1) is 9.68. The third-order valence-corrected chi connectivity index (χ3v) is 4.47. The minimum Gasteiger partial charge on any atom is -0.0827 e. The van der Waals surface area contributed by atoms with Crippen LogP contribution in [0.2, 0.25) is 30.1 Å². The molecule has 0 bridgehead atoms. The van der Waals surface area contributed by atoms with Gasteiger partial charge in [0.1, 0.15) is 0 Å². The average Bonchev–Trinajstić information content (AvgIpc) is 2.46. The Kier molecular flexibility index (Phi) is 3.43. The summed E-state index contributed by atoms with van der Waals surface area (Å²) in [5, 5.41) is -0.391. The molecule has 2 aromatic rings. The van der Waals surface area contributed by atoms with Gasteiger partial charge in [-0.2, -0.15) is 0 Å². The fourth-order valence-electron chi connectivity index (χ4n) is 1.25. The molecule has 18 heavy (non-hydrogen) atoms. The van der Waals surface area contributed by atoms with Gasteiger partial charge in [0.2, 0.25) is 0 Å². The highest BCUT2D eigenvalue weighted by molar-refractivity contribution is 6.52. The summed E-state index contributed by atoms with van der Waals surface area (Å²) < 4.78 is 23.8. The van der Waals surface area contributed by atoms with Crippen molar-refractivity contribution in [2.75, 3.05) is 0 Å². The van der Waals surface area contributed by atoms with Crippen LogP contribution in [0.5, 0.6) is 0 Å². The molecule has 2 rings (SSSR count). The highest BCUT2D eigenvalue weighted by atomic mass is 35.5. The number of hydrogen-bond acceptors (Lipinski definition) is 0. The maximum Gasteiger partial charge on any atom is 0.0800 e. The first-order valence-electron chi connectivity index (χ1n) is 5.96. The average molecular weight is 364 g/mol. The summed E-state index contributed by atoms with van der Waals surface area (Å²) in [7, 11) is 0. The second-order valence-electron chi connectivity index (χ2n) is 3.21. The van der Waals surface area contributed by atoms with E-state index < -0.39 is 0 Å². The fraction of sp³-hybridized carbons (Fsp3) is 0. The van der Waals surface area contributed by atoms with E-state index >= 15 is 0 Å². The van der Waals surface area contributed by atoms with E-state index in [-0.39, 0.29) is 59.4 Å². The molecular formula is C12H4Cl6. The molecular weight excluding hydrogens is 357 g/mol. The van der Waals surface area contributed by atoms with Crippen LogP contribution in [0.3, 0.4) is 0 Å². The van der Waals surface area contributed by atoms with E-state index in [0.717, 1.165) is 0 Å². The lowest BCUT2D eigenvalue weighted by molar-refractivity contribution is 1.61. The normalized spacial score (nSPS) is 13.1. The van der Waals surface area contributed by atoms with Crippen molar-refractivity contribution >= 4 is 69.6 Å². The SMILES string of the molecule is [2H]c1cc(-c2c([2H])c(Cl)c(Cl)c(Cl)c2Cl)c([2H])c(Cl)c1Cl. The van der Waals surface area contributed by atoms with Crippen molar-refractivity contribution in [2.24, 2.45) is 0 Å². The van der Waals surface area contributed by atoms with Crippen LogP contribution in [-0.4, -0.2) is 0 Å². The highest BCUT2D eigenvalue weighted by Gasteiger charge is 2.15. The second kappa shape index (κ2) is 5.66. The lowest BCUT2D eigenvalue weighted by Gasteiger charge is -2.10. The molecule has 0 radical (unpaired) electrons. The monoisotopic (exact) mass is 361 g/mol. The standard InChI is InChI=1S/C12H4Cl6/c13-7-2-1-5(3-8(7)14)6-4-9(15)11(17)12(18)10(6)16/h1-4H/i2D,3D,4D. The third kappa shape index (κ3) is 2.70. The van der Waals surface area contributed by atoms with Gasteiger partial charge in [-0.05, 0) is 23.7 Å².